The molecule has 0 aromatic heterocycles. The zero-order valence-electron chi connectivity index (χ0n) is 9.75. The van der Waals surface area contributed by atoms with Crippen molar-refractivity contribution in [3.05, 3.63) is 27.8 Å². The maximum Gasteiger partial charge on any atom is 0.0377 e. The fourth-order valence-corrected chi connectivity index (χ4v) is 2.80. The molecule has 0 saturated carbocycles. The van der Waals surface area contributed by atoms with E-state index in [9.17, 15) is 0 Å². The zero-order chi connectivity index (χ0) is 11.4. The van der Waals surface area contributed by atoms with Gasteiger partial charge in [0.1, 0.15) is 0 Å². The van der Waals surface area contributed by atoms with Crippen molar-refractivity contribution in [1.82, 2.24) is 5.32 Å². The van der Waals surface area contributed by atoms with Crippen LogP contribution in [0, 0.1) is 3.57 Å². The van der Waals surface area contributed by atoms with Crippen molar-refractivity contribution in [3.63, 3.8) is 0 Å². The highest BCUT2D eigenvalue weighted by atomic mass is 127. The summed E-state index contributed by atoms with van der Waals surface area (Å²) in [6.07, 6.45) is 2.54. The first-order chi connectivity index (χ1) is 7.79. The number of nitrogens with zero attached hydrogens (tertiary/aromatic N) is 1. The number of halogens is 1. The van der Waals surface area contributed by atoms with Crippen LogP contribution in [0.4, 0.5) is 5.69 Å². The number of hydrogen-bond acceptors (Lipinski definition) is 2. The maximum atomic E-state index is 3.59. The van der Waals surface area contributed by atoms with Crippen molar-refractivity contribution < 1.29 is 0 Å². The number of benzene rings is 1. The largest absolute Gasteiger partial charge is 0.369 e. The van der Waals surface area contributed by atoms with Gasteiger partial charge in [-0.1, -0.05) is 19.4 Å². The van der Waals surface area contributed by atoms with Gasteiger partial charge in [0.15, 0.2) is 0 Å². The molecule has 1 aromatic carbocycles. The van der Waals surface area contributed by atoms with Crippen molar-refractivity contribution in [2.45, 2.75) is 25.8 Å². The molecule has 1 aliphatic heterocycles. The lowest BCUT2D eigenvalue weighted by Crippen LogP contribution is -2.50. The summed E-state index contributed by atoms with van der Waals surface area (Å²) < 4.78 is 1.32. The lowest BCUT2D eigenvalue weighted by Gasteiger charge is -2.35. The Bertz CT molecular complexity index is 338. The Morgan fingerprint density at radius 1 is 1.50 bits per heavy atom. The molecule has 88 valence electrons. The third-order valence-corrected chi connectivity index (χ3v) is 3.74. The van der Waals surface area contributed by atoms with Gasteiger partial charge < -0.3 is 10.2 Å². The lowest BCUT2D eigenvalue weighted by molar-refractivity contribution is 0.431. The summed E-state index contributed by atoms with van der Waals surface area (Å²) in [6, 6.07) is 9.45. The summed E-state index contributed by atoms with van der Waals surface area (Å²) >= 11 is 2.38. The number of anilines is 1. The van der Waals surface area contributed by atoms with Gasteiger partial charge in [0.2, 0.25) is 0 Å². The van der Waals surface area contributed by atoms with Crippen LogP contribution in [0.2, 0.25) is 0 Å². The van der Waals surface area contributed by atoms with E-state index in [1.54, 1.807) is 0 Å². The molecule has 0 spiro atoms. The molecule has 3 heteroatoms. The van der Waals surface area contributed by atoms with Crippen LogP contribution >= 0.6 is 22.6 Å². The number of nitrogens with one attached hydrogen (secondary N) is 1. The first-order valence-electron chi connectivity index (χ1n) is 6.03. The summed E-state index contributed by atoms with van der Waals surface area (Å²) in [4.78, 5) is 2.50. The van der Waals surface area contributed by atoms with Gasteiger partial charge in [-0.05, 0) is 47.2 Å². The molecule has 1 atom stereocenters. The third kappa shape index (κ3) is 3.10. The van der Waals surface area contributed by atoms with E-state index in [-0.39, 0.29) is 0 Å². The summed E-state index contributed by atoms with van der Waals surface area (Å²) in [6.45, 7) is 5.64. The van der Waals surface area contributed by atoms with Crippen molar-refractivity contribution in [2.24, 2.45) is 0 Å². The van der Waals surface area contributed by atoms with E-state index in [0.29, 0.717) is 6.04 Å². The predicted molar refractivity (Wildman–Crippen MR) is 78.1 cm³/mol. The molecule has 1 unspecified atom stereocenters. The Hall–Kier alpha value is -0.290. The normalized spacial score (nSPS) is 21.1. The predicted octanol–water partition coefficient (Wildman–Crippen LogP) is 2.87. The summed E-state index contributed by atoms with van der Waals surface area (Å²) in [5.74, 6) is 0. The second kappa shape index (κ2) is 5.87. The summed E-state index contributed by atoms with van der Waals surface area (Å²) in [5.41, 5.74) is 1.37. The van der Waals surface area contributed by atoms with Gasteiger partial charge in [-0.25, -0.2) is 0 Å². The van der Waals surface area contributed by atoms with Gasteiger partial charge in [0.05, 0.1) is 0 Å². The van der Waals surface area contributed by atoms with E-state index >= 15 is 0 Å². The van der Waals surface area contributed by atoms with Gasteiger partial charge in [0, 0.05) is 34.9 Å². The van der Waals surface area contributed by atoms with E-state index in [4.69, 9.17) is 0 Å². The van der Waals surface area contributed by atoms with Gasteiger partial charge in [0.25, 0.3) is 0 Å². The standard InChI is InChI=1S/C13H19IN2/c1-2-4-12-10-16(8-7-15-12)13-6-3-5-11(14)9-13/h3,5-6,9,12,15H,2,4,7-8,10H2,1H3. The molecule has 0 radical (unpaired) electrons. The zero-order valence-corrected chi connectivity index (χ0v) is 11.9. The van der Waals surface area contributed by atoms with Crippen LogP contribution in [0.1, 0.15) is 19.8 Å². The maximum absolute atomic E-state index is 3.59. The van der Waals surface area contributed by atoms with Crippen LogP contribution in [0.15, 0.2) is 24.3 Å². The van der Waals surface area contributed by atoms with Crippen LogP contribution in [0.3, 0.4) is 0 Å². The van der Waals surface area contributed by atoms with Crippen LogP contribution in [0.25, 0.3) is 0 Å². The molecule has 2 nitrogen and oxygen atoms in total. The molecule has 1 N–H and O–H groups in total. The molecule has 1 heterocycles. The van der Waals surface area contributed by atoms with Gasteiger partial charge in [-0.3, -0.25) is 0 Å². The van der Waals surface area contributed by atoms with E-state index in [2.05, 4.69) is 64.0 Å². The Labute approximate surface area is 112 Å². The Morgan fingerprint density at radius 3 is 3.12 bits per heavy atom. The smallest absolute Gasteiger partial charge is 0.0377 e. The van der Waals surface area contributed by atoms with Crippen LogP contribution in [-0.2, 0) is 0 Å². The molecule has 0 bridgehead atoms. The molecule has 16 heavy (non-hydrogen) atoms. The molecule has 1 aliphatic rings. The van der Waals surface area contributed by atoms with Crippen LogP contribution < -0.4 is 10.2 Å². The summed E-state index contributed by atoms with van der Waals surface area (Å²) in [5, 5.41) is 3.59. The average molecular weight is 330 g/mol. The highest BCUT2D eigenvalue weighted by molar-refractivity contribution is 14.1. The minimum Gasteiger partial charge on any atom is -0.369 e. The van der Waals surface area contributed by atoms with Crippen molar-refractivity contribution in [1.29, 1.82) is 0 Å². The van der Waals surface area contributed by atoms with Gasteiger partial charge in [-0.15, -0.1) is 0 Å². The van der Waals surface area contributed by atoms with E-state index in [1.807, 2.05) is 0 Å². The fraction of sp³-hybridized carbons (Fsp3) is 0.538. The number of rotatable bonds is 3. The van der Waals surface area contributed by atoms with Crippen molar-refractivity contribution in [2.75, 3.05) is 24.5 Å². The molecule has 0 amide bonds. The topological polar surface area (TPSA) is 15.3 Å². The lowest BCUT2D eigenvalue weighted by atomic mass is 10.1. The van der Waals surface area contributed by atoms with Crippen LogP contribution in [0.5, 0.6) is 0 Å². The highest BCUT2D eigenvalue weighted by Crippen LogP contribution is 2.19. The van der Waals surface area contributed by atoms with Crippen molar-refractivity contribution >= 4 is 28.3 Å². The number of hydrogen-bond donors (Lipinski definition) is 1. The Kier molecular flexibility index (Phi) is 4.46. The van der Waals surface area contributed by atoms with E-state index in [0.717, 1.165) is 19.6 Å². The van der Waals surface area contributed by atoms with Gasteiger partial charge >= 0.3 is 0 Å². The second-order valence-corrected chi connectivity index (χ2v) is 5.61. The second-order valence-electron chi connectivity index (χ2n) is 4.37. The number of piperazine rings is 1. The van der Waals surface area contributed by atoms with Crippen molar-refractivity contribution in [3.8, 4) is 0 Å². The molecule has 2 rings (SSSR count). The molecule has 1 fully saturated rings. The summed E-state index contributed by atoms with van der Waals surface area (Å²) in [7, 11) is 0. The Balaban J connectivity index is 2.03. The fourth-order valence-electron chi connectivity index (χ4n) is 2.27. The first-order valence-corrected chi connectivity index (χ1v) is 7.11. The van der Waals surface area contributed by atoms with E-state index in [1.165, 1.54) is 22.1 Å². The monoisotopic (exact) mass is 330 g/mol. The Morgan fingerprint density at radius 2 is 2.38 bits per heavy atom. The first kappa shape index (κ1) is 12.2. The quantitative estimate of drug-likeness (QED) is 0.858. The minimum absolute atomic E-state index is 0.664. The highest BCUT2D eigenvalue weighted by Gasteiger charge is 2.18. The van der Waals surface area contributed by atoms with E-state index < -0.39 is 0 Å². The van der Waals surface area contributed by atoms with Gasteiger partial charge in [-0.2, -0.15) is 0 Å². The SMILES string of the molecule is CCCC1CN(c2cccc(I)c2)CCN1. The third-order valence-electron chi connectivity index (χ3n) is 3.07. The molecule has 1 aromatic rings. The van der Waals surface area contributed by atoms with Crippen LogP contribution in [-0.4, -0.2) is 25.7 Å². The molecule has 0 aliphatic carbocycles. The molecule has 1 saturated heterocycles. The molecular formula is C13H19IN2. The average Bonchev–Trinajstić information content (AvgIpc) is 2.30. The molecular weight excluding hydrogens is 311 g/mol. The minimum atomic E-state index is 0.664.